The molecule has 1 aromatic heterocycles. The molecule has 0 amide bonds. The molecule has 1 aromatic carbocycles. The van der Waals surface area contributed by atoms with Gasteiger partial charge in [0.1, 0.15) is 0 Å². The Morgan fingerprint density at radius 2 is 1.47 bits per heavy atom. The molecule has 19 heavy (non-hydrogen) atoms. The Labute approximate surface area is 121 Å². The van der Waals surface area contributed by atoms with E-state index < -0.39 is 0 Å². The molecule has 0 atom stereocenters. The molecule has 0 nitrogen and oxygen atoms in total. The van der Waals surface area contributed by atoms with Crippen molar-refractivity contribution in [1.29, 1.82) is 0 Å². The maximum atomic E-state index is 2.39. The molecule has 0 N–H and O–H groups in total. The van der Waals surface area contributed by atoms with Crippen LogP contribution < -0.4 is 0 Å². The predicted molar refractivity (Wildman–Crippen MR) is 88.4 cm³/mol. The summed E-state index contributed by atoms with van der Waals surface area (Å²) in [6.45, 7) is 15.9. The van der Waals surface area contributed by atoms with Crippen molar-refractivity contribution in [2.75, 3.05) is 0 Å². The average molecular weight is 273 g/mol. The van der Waals surface area contributed by atoms with Crippen molar-refractivity contribution >= 4 is 21.4 Å². The fourth-order valence-corrected chi connectivity index (χ4v) is 3.34. The first-order chi connectivity index (χ1) is 8.59. The van der Waals surface area contributed by atoms with Crippen LogP contribution in [0.5, 0.6) is 0 Å². The van der Waals surface area contributed by atoms with E-state index in [1.807, 2.05) is 11.3 Å². The molecule has 0 radical (unpaired) electrons. The Balaban J connectivity index is 2.80. The highest BCUT2D eigenvalue weighted by atomic mass is 32.1. The monoisotopic (exact) mass is 273 g/mol. The Bertz CT molecular complexity index is 610. The number of hydrogen-bond donors (Lipinski definition) is 0. The molecule has 0 bridgehead atoms. The molecule has 0 aliphatic rings. The van der Waals surface area contributed by atoms with Gasteiger partial charge in [-0.2, -0.15) is 0 Å². The molecule has 102 valence electrons. The van der Waals surface area contributed by atoms with E-state index in [9.17, 15) is 0 Å². The molecular weight excluding hydrogens is 248 g/mol. The van der Waals surface area contributed by atoms with Gasteiger partial charge in [0.25, 0.3) is 0 Å². The van der Waals surface area contributed by atoms with Crippen LogP contribution in [0.1, 0.15) is 57.5 Å². The van der Waals surface area contributed by atoms with Gasteiger partial charge >= 0.3 is 0 Å². The number of hydrogen-bond acceptors (Lipinski definition) is 0. The van der Waals surface area contributed by atoms with Crippen LogP contribution in [-0.2, 0) is 10.8 Å². The third-order valence-electron chi connectivity index (χ3n) is 3.56. The first-order valence-corrected chi connectivity index (χ1v) is 7.79. The van der Waals surface area contributed by atoms with Crippen LogP contribution in [0.4, 0.5) is 0 Å². The van der Waals surface area contributed by atoms with Crippen LogP contribution in [0, 0.1) is 6.92 Å². The summed E-state index contributed by atoms with van der Waals surface area (Å²) in [5, 5.41) is 1.43. The van der Waals surface area contributed by atoms with Crippen molar-refractivity contribution in [3.05, 3.63) is 40.3 Å². The smallest absolute Gasteiger partial charge is 0.0561 e. The zero-order chi connectivity index (χ0) is 14.4. The second-order valence-corrected chi connectivity index (χ2v) is 8.77. The van der Waals surface area contributed by atoms with Crippen LogP contribution in [0.25, 0.3) is 10.1 Å². The van der Waals surface area contributed by atoms with Gasteiger partial charge in [0.2, 0.25) is 20.9 Å². The Kier molecular flexibility index (Phi) is 3.47. The van der Waals surface area contributed by atoms with E-state index >= 15 is 0 Å². The summed E-state index contributed by atoms with van der Waals surface area (Å²) in [5.74, 6) is 0. The third kappa shape index (κ3) is 2.97. The van der Waals surface area contributed by atoms with Crippen LogP contribution in [0.15, 0.2) is 24.3 Å². The molecule has 2 rings (SSSR count). The lowest BCUT2D eigenvalue weighted by molar-refractivity contribution is 0.587. The highest BCUT2D eigenvalue weighted by molar-refractivity contribution is 7.18. The van der Waals surface area contributed by atoms with E-state index in [-0.39, 0.29) is 10.8 Å². The average Bonchev–Trinajstić information content (AvgIpc) is 2.24. The normalized spacial score (nSPS) is 13.0. The lowest BCUT2D eigenvalue weighted by Gasteiger charge is -2.22. The summed E-state index contributed by atoms with van der Waals surface area (Å²) in [6.07, 6.45) is 0. The molecule has 1 heteroatoms. The summed E-state index contributed by atoms with van der Waals surface area (Å²) in [5.41, 5.74) is 3.28. The quantitative estimate of drug-likeness (QED) is 0.510. The Hall–Kier alpha value is -0.950. The molecular formula is C18H25S+. The van der Waals surface area contributed by atoms with Crippen molar-refractivity contribution in [3.8, 4) is 0 Å². The zero-order valence-electron chi connectivity index (χ0n) is 13.2. The number of fused-ring (bicyclic) bond motifs is 1. The lowest BCUT2D eigenvalue weighted by Crippen LogP contribution is -2.14. The summed E-state index contributed by atoms with van der Waals surface area (Å²) < 4.78 is 1.40. The number of benzene rings is 1. The Morgan fingerprint density at radius 1 is 0.842 bits per heavy atom. The van der Waals surface area contributed by atoms with Crippen LogP contribution in [0.2, 0.25) is 0 Å². The largest absolute Gasteiger partial charge is 0.238 e. The summed E-state index contributed by atoms with van der Waals surface area (Å²) in [7, 11) is 0. The van der Waals surface area contributed by atoms with Crippen molar-refractivity contribution < 1.29 is 0 Å². The summed E-state index contributed by atoms with van der Waals surface area (Å²) in [4.78, 5) is 1.39. The number of rotatable bonds is 0. The molecule has 0 fully saturated rings. The maximum Gasteiger partial charge on any atom is 0.238 e. The minimum atomic E-state index is 0.188. The van der Waals surface area contributed by atoms with Gasteiger partial charge in [-0.25, -0.2) is 0 Å². The third-order valence-corrected chi connectivity index (χ3v) is 4.58. The number of aryl methyl sites for hydroxylation is 1. The molecule has 0 saturated heterocycles. The minimum absolute atomic E-state index is 0.188. The van der Waals surface area contributed by atoms with Crippen molar-refractivity contribution in [1.82, 2.24) is 0 Å². The van der Waals surface area contributed by atoms with Crippen LogP contribution in [-0.4, -0.2) is 0 Å². The molecule has 1 heterocycles. The molecule has 2 aromatic rings. The van der Waals surface area contributed by atoms with Crippen LogP contribution in [0.3, 0.4) is 0 Å². The van der Waals surface area contributed by atoms with E-state index in [0.717, 1.165) is 0 Å². The SMILES string of the molecule is Cc1cc(C(C)(C)C)c2cc(C(C)(C)C)ccc2[s+]1. The van der Waals surface area contributed by atoms with Gasteiger partial charge in [-0.15, -0.1) is 0 Å². The van der Waals surface area contributed by atoms with E-state index in [4.69, 9.17) is 0 Å². The highest BCUT2D eigenvalue weighted by Crippen LogP contribution is 2.36. The topological polar surface area (TPSA) is 0 Å². The van der Waals surface area contributed by atoms with Crippen LogP contribution >= 0.6 is 11.3 Å². The summed E-state index contributed by atoms with van der Waals surface area (Å²) >= 11 is 1.89. The van der Waals surface area contributed by atoms with Gasteiger partial charge in [-0.05, 0) is 28.0 Å². The molecule has 0 aliphatic heterocycles. The van der Waals surface area contributed by atoms with E-state index in [0.29, 0.717) is 0 Å². The van der Waals surface area contributed by atoms with Crippen molar-refractivity contribution in [2.24, 2.45) is 0 Å². The van der Waals surface area contributed by atoms with Gasteiger partial charge in [0.15, 0.2) is 0 Å². The first kappa shape index (κ1) is 14.5. The standard InChI is InChI=1S/C18H25S/c1-12-10-15(18(5,6)7)14-11-13(17(2,3)4)8-9-16(14)19-12/h8-11H,1-7H3/q+1. The Morgan fingerprint density at radius 3 is 2.00 bits per heavy atom. The highest BCUT2D eigenvalue weighted by Gasteiger charge is 2.24. The molecule has 0 saturated carbocycles. The van der Waals surface area contributed by atoms with Gasteiger partial charge in [0.05, 0.1) is 0 Å². The van der Waals surface area contributed by atoms with Crippen molar-refractivity contribution in [2.45, 2.75) is 59.3 Å². The van der Waals surface area contributed by atoms with E-state index in [1.54, 1.807) is 0 Å². The fraction of sp³-hybridized carbons (Fsp3) is 0.500. The maximum absolute atomic E-state index is 2.39. The zero-order valence-corrected chi connectivity index (χ0v) is 14.0. The van der Waals surface area contributed by atoms with Gasteiger partial charge < -0.3 is 0 Å². The summed E-state index contributed by atoms with van der Waals surface area (Å²) in [6, 6.07) is 9.33. The second kappa shape index (κ2) is 4.56. The van der Waals surface area contributed by atoms with Gasteiger partial charge in [0, 0.05) is 24.4 Å². The molecule has 0 spiro atoms. The first-order valence-electron chi connectivity index (χ1n) is 6.97. The lowest BCUT2D eigenvalue weighted by atomic mass is 9.82. The molecule has 0 unspecified atom stereocenters. The second-order valence-electron chi connectivity index (χ2n) is 7.48. The predicted octanol–water partition coefficient (Wildman–Crippen LogP) is 6.09. The van der Waals surface area contributed by atoms with Gasteiger partial charge in [-0.3, -0.25) is 0 Å². The fourth-order valence-electron chi connectivity index (χ4n) is 2.40. The van der Waals surface area contributed by atoms with E-state index in [1.165, 1.54) is 26.1 Å². The van der Waals surface area contributed by atoms with Gasteiger partial charge in [-0.1, -0.05) is 47.6 Å². The van der Waals surface area contributed by atoms with E-state index in [2.05, 4.69) is 72.7 Å². The minimum Gasteiger partial charge on any atom is -0.0561 e. The molecule has 0 aliphatic carbocycles. The van der Waals surface area contributed by atoms with Crippen molar-refractivity contribution in [3.63, 3.8) is 0 Å².